The van der Waals surface area contributed by atoms with E-state index in [0.29, 0.717) is 43.1 Å². The van der Waals surface area contributed by atoms with E-state index < -0.39 is 11.4 Å². The van der Waals surface area contributed by atoms with Gasteiger partial charge in [-0.05, 0) is 31.0 Å². The number of carboxylic acid groups (broad SMARTS) is 1. The fourth-order valence-corrected chi connectivity index (χ4v) is 2.51. The fraction of sp³-hybridized carbons (Fsp3) is 0.500. The highest BCUT2D eigenvalue weighted by Crippen LogP contribution is 2.41. The molecule has 1 aromatic rings. The lowest BCUT2D eigenvalue weighted by Gasteiger charge is -2.34. The van der Waals surface area contributed by atoms with Gasteiger partial charge in [0.15, 0.2) is 0 Å². The number of carbonyl (C=O) groups is 1. The van der Waals surface area contributed by atoms with Gasteiger partial charge < -0.3 is 19.3 Å². The van der Waals surface area contributed by atoms with E-state index in [9.17, 15) is 9.90 Å². The first kappa shape index (κ1) is 13.7. The predicted molar refractivity (Wildman–Crippen MR) is 68.9 cm³/mol. The van der Waals surface area contributed by atoms with Gasteiger partial charge in [0, 0.05) is 18.8 Å². The fourth-order valence-electron chi connectivity index (χ4n) is 2.51. The number of ether oxygens (including phenoxy) is 3. The molecule has 1 fully saturated rings. The van der Waals surface area contributed by atoms with Crippen LogP contribution in [0.5, 0.6) is 11.5 Å². The molecular weight excluding hydrogens is 248 g/mol. The molecule has 1 aliphatic heterocycles. The Balaban J connectivity index is 2.54. The average molecular weight is 266 g/mol. The molecule has 0 radical (unpaired) electrons. The summed E-state index contributed by atoms with van der Waals surface area (Å²) >= 11 is 0. The van der Waals surface area contributed by atoms with Crippen LogP contribution < -0.4 is 9.47 Å². The number of hydrogen-bond donors (Lipinski definition) is 1. The van der Waals surface area contributed by atoms with Crippen LogP contribution in [0.4, 0.5) is 0 Å². The van der Waals surface area contributed by atoms with Crippen molar-refractivity contribution in [2.24, 2.45) is 0 Å². The molecule has 1 N–H and O–H groups in total. The molecule has 0 saturated carbocycles. The molecule has 0 bridgehead atoms. The first-order valence-electron chi connectivity index (χ1n) is 6.17. The van der Waals surface area contributed by atoms with Crippen LogP contribution in [0, 0.1) is 0 Å². The molecule has 0 spiro atoms. The molecule has 104 valence electrons. The predicted octanol–water partition coefficient (Wildman–Crippen LogP) is 1.84. The lowest BCUT2D eigenvalue weighted by molar-refractivity contribution is -0.147. The summed E-state index contributed by atoms with van der Waals surface area (Å²) in [6.45, 7) is 0.874. The summed E-state index contributed by atoms with van der Waals surface area (Å²) in [4.78, 5) is 11.8. The maximum Gasteiger partial charge on any atom is 0.314 e. The Hall–Kier alpha value is -1.75. The van der Waals surface area contributed by atoms with E-state index in [2.05, 4.69) is 0 Å². The van der Waals surface area contributed by atoms with E-state index in [-0.39, 0.29) is 0 Å². The van der Waals surface area contributed by atoms with Crippen molar-refractivity contribution in [1.29, 1.82) is 0 Å². The maximum absolute atomic E-state index is 11.8. The molecule has 0 aliphatic carbocycles. The number of benzene rings is 1. The van der Waals surface area contributed by atoms with Crippen LogP contribution in [-0.4, -0.2) is 38.5 Å². The van der Waals surface area contributed by atoms with Crippen LogP contribution in [0.2, 0.25) is 0 Å². The number of rotatable bonds is 4. The SMILES string of the molecule is COc1ccc(OC)c(C2(C(=O)O)CCOCC2)c1. The molecule has 1 aromatic carbocycles. The van der Waals surface area contributed by atoms with Gasteiger partial charge in [-0.15, -0.1) is 0 Å². The van der Waals surface area contributed by atoms with Crippen molar-refractivity contribution in [2.75, 3.05) is 27.4 Å². The van der Waals surface area contributed by atoms with Gasteiger partial charge in [0.1, 0.15) is 16.9 Å². The van der Waals surface area contributed by atoms with Gasteiger partial charge in [0.25, 0.3) is 0 Å². The summed E-state index contributed by atoms with van der Waals surface area (Å²) in [6, 6.07) is 5.25. The molecule has 1 heterocycles. The van der Waals surface area contributed by atoms with E-state index in [4.69, 9.17) is 14.2 Å². The normalized spacial score (nSPS) is 17.8. The Labute approximate surface area is 112 Å². The third-order valence-electron chi connectivity index (χ3n) is 3.68. The quantitative estimate of drug-likeness (QED) is 0.900. The zero-order valence-corrected chi connectivity index (χ0v) is 11.1. The Morgan fingerprint density at radius 3 is 2.47 bits per heavy atom. The molecule has 0 unspecified atom stereocenters. The Kier molecular flexibility index (Phi) is 3.95. The number of hydrogen-bond acceptors (Lipinski definition) is 4. The molecule has 1 aliphatic rings. The standard InChI is InChI=1S/C14H18O5/c1-17-10-3-4-12(18-2)11(9-10)14(13(15)16)5-7-19-8-6-14/h3-4,9H,5-8H2,1-2H3,(H,15,16). The maximum atomic E-state index is 11.8. The third kappa shape index (κ3) is 2.38. The van der Waals surface area contributed by atoms with Crippen molar-refractivity contribution >= 4 is 5.97 Å². The van der Waals surface area contributed by atoms with Crippen LogP contribution in [-0.2, 0) is 14.9 Å². The first-order chi connectivity index (χ1) is 9.14. The van der Waals surface area contributed by atoms with E-state index in [0.717, 1.165) is 0 Å². The number of methoxy groups -OCH3 is 2. The molecule has 5 heteroatoms. The van der Waals surface area contributed by atoms with Crippen LogP contribution >= 0.6 is 0 Å². The highest BCUT2D eigenvalue weighted by Gasteiger charge is 2.44. The molecular formula is C14H18O5. The molecule has 1 saturated heterocycles. The lowest BCUT2D eigenvalue weighted by Crippen LogP contribution is -2.41. The van der Waals surface area contributed by atoms with Crippen LogP contribution in [0.1, 0.15) is 18.4 Å². The van der Waals surface area contributed by atoms with Gasteiger partial charge in [0.05, 0.1) is 14.2 Å². The summed E-state index contributed by atoms with van der Waals surface area (Å²) < 4.78 is 15.8. The van der Waals surface area contributed by atoms with Crippen molar-refractivity contribution in [3.05, 3.63) is 23.8 Å². The monoisotopic (exact) mass is 266 g/mol. The van der Waals surface area contributed by atoms with Gasteiger partial charge in [-0.25, -0.2) is 0 Å². The zero-order chi connectivity index (χ0) is 13.9. The van der Waals surface area contributed by atoms with Crippen molar-refractivity contribution in [1.82, 2.24) is 0 Å². The van der Waals surface area contributed by atoms with E-state index in [1.165, 1.54) is 0 Å². The Morgan fingerprint density at radius 1 is 1.26 bits per heavy atom. The van der Waals surface area contributed by atoms with Crippen LogP contribution in [0.3, 0.4) is 0 Å². The van der Waals surface area contributed by atoms with Crippen molar-refractivity contribution in [3.8, 4) is 11.5 Å². The molecule has 0 amide bonds. The van der Waals surface area contributed by atoms with E-state index in [1.807, 2.05) is 0 Å². The average Bonchev–Trinajstić information content (AvgIpc) is 2.47. The molecule has 19 heavy (non-hydrogen) atoms. The lowest BCUT2D eigenvalue weighted by atomic mass is 9.73. The molecule has 0 aromatic heterocycles. The van der Waals surface area contributed by atoms with Gasteiger partial charge >= 0.3 is 5.97 Å². The number of aliphatic carboxylic acids is 1. The van der Waals surface area contributed by atoms with E-state index >= 15 is 0 Å². The first-order valence-corrected chi connectivity index (χ1v) is 6.17. The van der Waals surface area contributed by atoms with Crippen LogP contribution in [0.15, 0.2) is 18.2 Å². The second-order valence-corrected chi connectivity index (χ2v) is 4.57. The molecule has 0 atom stereocenters. The summed E-state index contributed by atoms with van der Waals surface area (Å²) in [5.74, 6) is 0.357. The second kappa shape index (κ2) is 5.48. The van der Waals surface area contributed by atoms with Gasteiger partial charge in [0.2, 0.25) is 0 Å². The minimum Gasteiger partial charge on any atom is -0.497 e. The van der Waals surface area contributed by atoms with Gasteiger partial charge in [-0.2, -0.15) is 0 Å². The summed E-state index contributed by atoms with van der Waals surface area (Å²) in [6.07, 6.45) is 0.873. The van der Waals surface area contributed by atoms with Crippen molar-refractivity contribution < 1.29 is 24.1 Å². The van der Waals surface area contributed by atoms with Crippen molar-refractivity contribution in [3.63, 3.8) is 0 Å². The Morgan fingerprint density at radius 2 is 1.95 bits per heavy atom. The summed E-state index contributed by atoms with van der Waals surface area (Å²) in [5, 5.41) is 9.67. The summed E-state index contributed by atoms with van der Waals surface area (Å²) in [7, 11) is 3.10. The highest BCUT2D eigenvalue weighted by molar-refractivity contribution is 5.83. The minimum absolute atomic E-state index is 0.436. The Bertz CT molecular complexity index is 463. The largest absolute Gasteiger partial charge is 0.497 e. The van der Waals surface area contributed by atoms with Gasteiger partial charge in [-0.1, -0.05) is 0 Å². The molecule has 2 rings (SSSR count). The molecule has 5 nitrogen and oxygen atoms in total. The number of carboxylic acids is 1. The van der Waals surface area contributed by atoms with Crippen molar-refractivity contribution in [2.45, 2.75) is 18.3 Å². The topological polar surface area (TPSA) is 65.0 Å². The minimum atomic E-state index is -0.960. The van der Waals surface area contributed by atoms with Crippen LogP contribution in [0.25, 0.3) is 0 Å². The third-order valence-corrected chi connectivity index (χ3v) is 3.68. The second-order valence-electron chi connectivity index (χ2n) is 4.57. The smallest absolute Gasteiger partial charge is 0.314 e. The van der Waals surface area contributed by atoms with E-state index in [1.54, 1.807) is 32.4 Å². The summed E-state index contributed by atoms with van der Waals surface area (Å²) in [5.41, 5.74) is -0.303. The highest BCUT2D eigenvalue weighted by atomic mass is 16.5. The zero-order valence-electron chi connectivity index (χ0n) is 11.1. The van der Waals surface area contributed by atoms with Gasteiger partial charge in [-0.3, -0.25) is 4.79 Å².